The minimum atomic E-state index is -1.23. The molecule has 0 radical (unpaired) electrons. The number of benzene rings is 4. The van der Waals surface area contributed by atoms with E-state index in [1.54, 1.807) is 47.7 Å². The average molecular weight is 696 g/mol. The van der Waals surface area contributed by atoms with Crippen LogP contribution in [0.2, 0.25) is 5.02 Å². The predicted molar refractivity (Wildman–Crippen MR) is 196 cm³/mol. The third kappa shape index (κ3) is 11.5. The van der Waals surface area contributed by atoms with Gasteiger partial charge in [-0.05, 0) is 78.7 Å². The van der Waals surface area contributed by atoms with Gasteiger partial charge in [0.05, 0.1) is 12.7 Å². The topological polar surface area (TPSA) is 87.1 Å². The number of unbranched alkanes of at least 4 members (excludes halogenated alkanes) is 1. The Morgan fingerprint density at radius 1 is 0.755 bits per heavy atom. The van der Waals surface area contributed by atoms with Crippen LogP contribution < -0.4 is 0 Å². The Morgan fingerprint density at radius 2 is 1.45 bits per heavy atom. The number of ether oxygens (including phenoxy) is 1. The summed E-state index contributed by atoms with van der Waals surface area (Å²) in [5.74, 6) is -1.15. The molecule has 1 heterocycles. The lowest BCUT2D eigenvalue weighted by molar-refractivity contribution is -0.137. The minimum absolute atomic E-state index is 0.119. The molecule has 49 heavy (non-hydrogen) atoms. The first-order valence-electron chi connectivity index (χ1n) is 16.6. The van der Waals surface area contributed by atoms with E-state index < -0.39 is 12.1 Å². The molecule has 2 atom stereocenters. The fourth-order valence-electron chi connectivity index (χ4n) is 5.75. The average Bonchev–Trinajstić information content (AvgIpc) is 3.59. The normalized spacial score (nSPS) is 12.6. The first kappa shape index (κ1) is 36.2. The van der Waals surface area contributed by atoms with Gasteiger partial charge in [-0.3, -0.25) is 14.5 Å². The number of halogens is 1. The summed E-state index contributed by atoms with van der Waals surface area (Å²) in [5.41, 5.74) is 4.29. The molecule has 6 nitrogen and oxygen atoms in total. The molecule has 2 unspecified atom stereocenters. The smallest absolute Gasteiger partial charge is 0.303 e. The van der Waals surface area contributed by atoms with Crippen LogP contribution in [0.1, 0.15) is 73.8 Å². The van der Waals surface area contributed by atoms with Crippen LogP contribution in [-0.2, 0) is 35.5 Å². The fraction of sp³-hybridized carbons (Fsp3) is 0.268. The molecule has 0 aliphatic heterocycles. The summed E-state index contributed by atoms with van der Waals surface area (Å²) in [6.07, 6.45) is 1.86. The van der Waals surface area contributed by atoms with Crippen LogP contribution in [-0.4, -0.2) is 40.0 Å². The van der Waals surface area contributed by atoms with E-state index in [2.05, 4.69) is 41.3 Å². The summed E-state index contributed by atoms with van der Waals surface area (Å²) in [5, 5.41) is 20.5. The van der Waals surface area contributed by atoms with Crippen molar-refractivity contribution < 1.29 is 24.5 Å². The summed E-state index contributed by atoms with van der Waals surface area (Å²) < 4.78 is 6.62. The van der Waals surface area contributed by atoms with E-state index in [-0.39, 0.29) is 18.3 Å². The van der Waals surface area contributed by atoms with Gasteiger partial charge in [0.1, 0.15) is 6.10 Å². The van der Waals surface area contributed by atoms with Gasteiger partial charge < -0.3 is 14.9 Å². The summed E-state index contributed by atoms with van der Waals surface area (Å²) in [7, 11) is 0. The van der Waals surface area contributed by atoms with Gasteiger partial charge in [-0.1, -0.05) is 109 Å². The zero-order valence-corrected chi connectivity index (χ0v) is 29.0. The third-order valence-electron chi connectivity index (χ3n) is 8.41. The molecule has 4 aromatic carbocycles. The Balaban J connectivity index is 1.27. The van der Waals surface area contributed by atoms with Gasteiger partial charge in [0.25, 0.3) is 0 Å². The SMILES string of the molecule is O=C(O)CCCCN(Cc1ccc(C(=O)C(O)c2ccccc2)cc1)CC(OCc1ccc(CCc2ccccc2)s1)c1cccc(Cl)c1. The summed E-state index contributed by atoms with van der Waals surface area (Å²) in [6.45, 7) is 2.27. The van der Waals surface area contributed by atoms with Crippen LogP contribution in [0.5, 0.6) is 0 Å². The first-order chi connectivity index (χ1) is 23.8. The van der Waals surface area contributed by atoms with Gasteiger partial charge >= 0.3 is 5.97 Å². The van der Waals surface area contributed by atoms with Crippen LogP contribution in [0.3, 0.4) is 0 Å². The van der Waals surface area contributed by atoms with Crippen molar-refractivity contribution in [2.24, 2.45) is 0 Å². The number of aliphatic carboxylic acids is 1. The summed E-state index contributed by atoms with van der Waals surface area (Å²) in [4.78, 5) is 28.9. The van der Waals surface area contributed by atoms with E-state index in [0.717, 1.165) is 28.8 Å². The molecule has 1 aromatic heterocycles. The number of carboxylic acids is 1. The summed E-state index contributed by atoms with van der Waals surface area (Å²) in [6, 6.07) is 38.8. The molecular weight excluding hydrogens is 654 g/mol. The second-order valence-corrected chi connectivity index (χ2v) is 13.9. The molecule has 5 rings (SSSR count). The molecule has 5 aromatic rings. The molecule has 0 bridgehead atoms. The molecule has 0 saturated heterocycles. The molecule has 0 saturated carbocycles. The van der Waals surface area contributed by atoms with Gasteiger partial charge in [0.2, 0.25) is 0 Å². The maximum atomic E-state index is 13.0. The first-order valence-corrected chi connectivity index (χ1v) is 17.8. The standard InChI is InChI=1S/C41H42ClNO5S/c42-35-15-9-14-34(26-35)38(48-29-37-24-23-36(49-37)22-19-30-10-3-1-4-11-30)28-43(25-8-7-16-39(44)45)27-31-17-20-33(21-18-31)41(47)40(46)32-12-5-2-6-13-32/h1-6,9-15,17-18,20-21,23-24,26,38,40,46H,7-8,16,19,22,25,27-29H2,(H,44,45). The number of aliphatic hydroxyl groups excluding tert-OH is 1. The third-order valence-corrected chi connectivity index (χ3v) is 9.77. The number of hydrogen-bond acceptors (Lipinski definition) is 6. The van der Waals surface area contributed by atoms with Gasteiger partial charge in [0, 0.05) is 39.9 Å². The van der Waals surface area contributed by atoms with Crippen molar-refractivity contribution in [1.29, 1.82) is 0 Å². The highest BCUT2D eigenvalue weighted by Crippen LogP contribution is 2.27. The number of carboxylic acid groups (broad SMARTS) is 1. The zero-order chi connectivity index (χ0) is 34.4. The van der Waals surface area contributed by atoms with Crippen molar-refractivity contribution in [1.82, 2.24) is 4.90 Å². The Hall–Kier alpha value is -4.11. The number of aliphatic hydroxyl groups is 1. The van der Waals surface area contributed by atoms with Crippen molar-refractivity contribution in [3.63, 3.8) is 0 Å². The van der Waals surface area contributed by atoms with Crippen molar-refractivity contribution in [2.45, 2.75) is 57.5 Å². The largest absolute Gasteiger partial charge is 0.481 e. The van der Waals surface area contributed by atoms with Gasteiger partial charge in [0.15, 0.2) is 5.78 Å². The lowest BCUT2D eigenvalue weighted by atomic mass is 9.99. The number of aryl methyl sites for hydroxylation is 2. The Bertz CT molecular complexity index is 1760. The number of Topliss-reactive ketones (excluding diaryl/α,β-unsaturated/α-hetero) is 1. The highest BCUT2D eigenvalue weighted by Gasteiger charge is 2.21. The predicted octanol–water partition coefficient (Wildman–Crippen LogP) is 9.12. The minimum Gasteiger partial charge on any atom is -0.481 e. The second kappa shape index (κ2) is 18.6. The van der Waals surface area contributed by atoms with Crippen LogP contribution >= 0.6 is 22.9 Å². The number of carbonyl (C=O) groups is 2. The van der Waals surface area contributed by atoms with Crippen LogP contribution in [0.15, 0.2) is 121 Å². The van der Waals surface area contributed by atoms with E-state index in [1.807, 2.05) is 48.5 Å². The van der Waals surface area contributed by atoms with E-state index in [1.165, 1.54) is 10.4 Å². The van der Waals surface area contributed by atoms with Crippen molar-refractivity contribution in [3.05, 3.63) is 164 Å². The van der Waals surface area contributed by atoms with Crippen LogP contribution in [0.25, 0.3) is 0 Å². The van der Waals surface area contributed by atoms with E-state index in [9.17, 15) is 19.8 Å². The summed E-state index contributed by atoms with van der Waals surface area (Å²) >= 11 is 8.20. The number of carbonyl (C=O) groups excluding carboxylic acids is 1. The number of rotatable bonds is 19. The van der Waals surface area contributed by atoms with Crippen LogP contribution in [0, 0.1) is 0 Å². The highest BCUT2D eigenvalue weighted by atomic mass is 35.5. The second-order valence-electron chi connectivity index (χ2n) is 12.2. The lowest BCUT2D eigenvalue weighted by Gasteiger charge is -2.28. The monoisotopic (exact) mass is 695 g/mol. The Kier molecular flexibility index (Phi) is 13.7. The number of hydrogen-bond donors (Lipinski definition) is 2. The Morgan fingerprint density at radius 3 is 2.16 bits per heavy atom. The molecular formula is C41H42ClNO5S. The fourth-order valence-corrected chi connectivity index (χ4v) is 6.89. The molecule has 254 valence electrons. The molecule has 0 aliphatic rings. The molecule has 0 amide bonds. The number of ketones is 1. The highest BCUT2D eigenvalue weighted by molar-refractivity contribution is 7.11. The van der Waals surface area contributed by atoms with Crippen molar-refractivity contribution >= 4 is 34.7 Å². The van der Waals surface area contributed by atoms with E-state index in [0.29, 0.717) is 55.2 Å². The quantitative estimate of drug-likeness (QED) is 0.0662. The molecule has 0 spiro atoms. The lowest BCUT2D eigenvalue weighted by Crippen LogP contribution is -2.30. The molecule has 8 heteroatoms. The molecule has 0 fully saturated rings. The maximum absolute atomic E-state index is 13.0. The van der Waals surface area contributed by atoms with Crippen molar-refractivity contribution in [2.75, 3.05) is 13.1 Å². The zero-order valence-electron chi connectivity index (χ0n) is 27.4. The van der Waals surface area contributed by atoms with E-state index >= 15 is 0 Å². The molecule has 0 aliphatic carbocycles. The van der Waals surface area contributed by atoms with Crippen LogP contribution in [0.4, 0.5) is 0 Å². The van der Waals surface area contributed by atoms with Gasteiger partial charge in [-0.2, -0.15) is 0 Å². The number of thiophene rings is 1. The molecule has 2 N–H and O–H groups in total. The Labute approximate surface area is 297 Å². The number of nitrogens with zero attached hydrogens (tertiary/aromatic N) is 1. The van der Waals surface area contributed by atoms with E-state index in [4.69, 9.17) is 16.3 Å². The van der Waals surface area contributed by atoms with Gasteiger partial charge in [-0.25, -0.2) is 0 Å². The van der Waals surface area contributed by atoms with Gasteiger partial charge in [-0.15, -0.1) is 11.3 Å². The van der Waals surface area contributed by atoms with Crippen molar-refractivity contribution in [3.8, 4) is 0 Å². The maximum Gasteiger partial charge on any atom is 0.303 e.